The molecule has 0 aliphatic rings. The zero-order chi connectivity index (χ0) is 11.7. The summed E-state index contributed by atoms with van der Waals surface area (Å²) in [5.41, 5.74) is 1.15. The average Bonchev–Trinajstić information content (AvgIpc) is 2.96. The Morgan fingerprint density at radius 2 is 2.12 bits per heavy atom. The van der Waals surface area contributed by atoms with E-state index in [1.54, 1.807) is 0 Å². The van der Waals surface area contributed by atoms with Gasteiger partial charge in [-0.15, -0.1) is 0 Å². The van der Waals surface area contributed by atoms with E-state index < -0.39 is 0 Å². The summed E-state index contributed by atoms with van der Waals surface area (Å²) >= 11 is 0. The highest BCUT2D eigenvalue weighted by molar-refractivity contribution is 6.10. The SMILES string of the molecule is O=C(Nc1ncn[nH]1)c1n[nH]c2ccccc12. The van der Waals surface area contributed by atoms with E-state index in [1.807, 2.05) is 24.3 Å². The van der Waals surface area contributed by atoms with Crippen molar-refractivity contribution >= 4 is 22.8 Å². The lowest BCUT2D eigenvalue weighted by molar-refractivity contribution is 0.102. The van der Waals surface area contributed by atoms with Gasteiger partial charge < -0.3 is 0 Å². The second-order valence-electron chi connectivity index (χ2n) is 3.41. The topological polar surface area (TPSA) is 99.3 Å². The smallest absolute Gasteiger partial charge is 0.279 e. The van der Waals surface area contributed by atoms with E-state index in [-0.39, 0.29) is 5.91 Å². The first kappa shape index (κ1) is 9.52. The first-order valence-electron chi connectivity index (χ1n) is 4.94. The minimum Gasteiger partial charge on any atom is -0.289 e. The summed E-state index contributed by atoms with van der Waals surface area (Å²) in [6.07, 6.45) is 1.32. The number of hydrogen-bond donors (Lipinski definition) is 3. The first-order chi connectivity index (χ1) is 8.34. The van der Waals surface area contributed by atoms with Gasteiger partial charge in [0, 0.05) is 5.39 Å². The molecule has 0 atom stereocenters. The third kappa shape index (κ3) is 1.63. The van der Waals surface area contributed by atoms with E-state index in [0.29, 0.717) is 11.6 Å². The van der Waals surface area contributed by atoms with Crippen LogP contribution in [-0.4, -0.2) is 31.3 Å². The number of H-pyrrole nitrogens is 2. The van der Waals surface area contributed by atoms with E-state index in [0.717, 1.165) is 10.9 Å². The van der Waals surface area contributed by atoms with E-state index in [4.69, 9.17) is 0 Å². The molecular formula is C10H8N6O. The molecule has 0 aliphatic carbocycles. The van der Waals surface area contributed by atoms with Crippen LogP contribution < -0.4 is 5.32 Å². The maximum atomic E-state index is 11.9. The molecule has 0 fully saturated rings. The van der Waals surface area contributed by atoms with Crippen LogP contribution in [0, 0.1) is 0 Å². The van der Waals surface area contributed by atoms with Crippen molar-refractivity contribution in [3.05, 3.63) is 36.3 Å². The quantitative estimate of drug-likeness (QED) is 0.607. The molecule has 3 aromatic rings. The second kappa shape index (κ2) is 3.71. The van der Waals surface area contributed by atoms with Gasteiger partial charge in [0.25, 0.3) is 5.91 Å². The van der Waals surface area contributed by atoms with Gasteiger partial charge in [-0.1, -0.05) is 18.2 Å². The van der Waals surface area contributed by atoms with Crippen LogP contribution in [0.5, 0.6) is 0 Å². The van der Waals surface area contributed by atoms with Crippen molar-refractivity contribution in [3.8, 4) is 0 Å². The maximum Gasteiger partial charge on any atom is 0.279 e. The molecular weight excluding hydrogens is 220 g/mol. The monoisotopic (exact) mass is 228 g/mol. The van der Waals surface area contributed by atoms with Crippen molar-refractivity contribution in [2.24, 2.45) is 0 Å². The van der Waals surface area contributed by atoms with Gasteiger partial charge in [-0.2, -0.15) is 15.2 Å². The van der Waals surface area contributed by atoms with Crippen LogP contribution in [0.25, 0.3) is 10.9 Å². The molecule has 84 valence electrons. The molecule has 0 saturated heterocycles. The molecule has 3 N–H and O–H groups in total. The van der Waals surface area contributed by atoms with Gasteiger partial charge >= 0.3 is 0 Å². The molecule has 3 rings (SSSR count). The van der Waals surface area contributed by atoms with Crippen LogP contribution >= 0.6 is 0 Å². The van der Waals surface area contributed by atoms with Crippen LogP contribution in [0.4, 0.5) is 5.95 Å². The fraction of sp³-hybridized carbons (Fsp3) is 0. The Bertz CT molecular complexity index is 656. The normalized spacial score (nSPS) is 10.6. The van der Waals surface area contributed by atoms with Crippen LogP contribution in [0.15, 0.2) is 30.6 Å². The number of anilines is 1. The number of nitrogens with one attached hydrogen (secondary N) is 3. The van der Waals surface area contributed by atoms with Gasteiger partial charge in [-0.3, -0.25) is 15.2 Å². The van der Waals surface area contributed by atoms with Gasteiger partial charge in [-0.25, -0.2) is 5.10 Å². The summed E-state index contributed by atoms with van der Waals surface area (Å²) in [5, 5.41) is 16.3. The number of nitrogens with zero attached hydrogens (tertiary/aromatic N) is 3. The van der Waals surface area contributed by atoms with Crippen molar-refractivity contribution in [1.29, 1.82) is 0 Å². The summed E-state index contributed by atoms with van der Waals surface area (Å²) < 4.78 is 0. The number of aromatic amines is 2. The number of para-hydroxylation sites is 1. The van der Waals surface area contributed by atoms with E-state index >= 15 is 0 Å². The fourth-order valence-corrected chi connectivity index (χ4v) is 1.57. The summed E-state index contributed by atoms with van der Waals surface area (Å²) in [5.74, 6) is -0.0405. The Labute approximate surface area is 95.3 Å². The molecule has 0 bridgehead atoms. The van der Waals surface area contributed by atoms with Crippen molar-refractivity contribution in [2.75, 3.05) is 5.32 Å². The Balaban J connectivity index is 1.96. The lowest BCUT2D eigenvalue weighted by atomic mass is 10.2. The van der Waals surface area contributed by atoms with E-state index in [1.165, 1.54) is 6.33 Å². The highest BCUT2D eigenvalue weighted by atomic mass is 16.2. The van der Waals surface area contributed by atoms with Gasteiger partial charge in [0.15, 0.2) is 5.69 Å². The Kier molecular flexibility index (Phi) is 2.08. The minimum absolute atomic E-state index is 0.294. The van der Waals surface area contributed by atoms with Crippen molar-refractivity contribution in [3.63, 3.8) is 0 Å². The van der Waals surface area contributed by atoms with Crippen LogP contribution in [-0.2, 0) is 0 Å². The Morgan fingerprint density at radius 1 is 1.24 bits per heavy atom. The molecule has 0 spiro atoms. The summed E-state index contributed by atoms with van der Waals surface area (Å²) in [4.78, 5) is 15.7. The number of benzene rings is 1. The number of hydrogen-bond acceptors (Lipinski definition) is 4. The summed E-state index contributed by atoms with van der Waals surface area (Å²) in [6.45, 7) is 0. The van der Waals surface area contributed by atoms with E-state index in [9.17, 15) is 4.79 Å². The molecule has 0 unspecified atom stereocenters. The predicted molar refractivity (Wildman–Crippen MR) is 60.4 cm³/mol. The third-order valence-electron chi connectivity index (χ3n) is 2.33. The second-order valence-corrected chi connectivity index (χ2v) is 3.41. The molecule has 0 aliphatic heterocycles. The Hall–Kier alpha value is -2.70. The number of rotatable bonds is 2. The Morgan fingerprint density at radius 3 is 2.94 bits per heavy atom. The zero-order valence-corrected chi connectivity index (χ0v) is 8.64. The molecule has 1 amide bonds. The lowest BCUT2D eigenvalue weighted by Crippen LogP contribution is -2.13. The molecule has 0 radical (unpaired) electrons. The van der Waals surface area contributed by atoms with Gasteiger partial charge in [0.2, 0.25) is 5.95 Å². The highest BCUT2D eigenvalue weighted by Crippen LogP contribution is 2.15. The molecule has 0 saturated carbocycles. The average molecular weight is 228 g/mol. The van der Waals surface area contributed by atoms with Crippen LogP contribution in [0.1, 0.15) is 10.5 Å². The number of carbonyl (C=O) groups is 1. The first-order valence-corrected chi connectivity index (χ1v) is 4.94. The van der Waals surface area contributed by atoms with Crippen LogP contribution in [0.3, 0.4) is 0 Å². The minimum atomic E-state index is -0.334. The number of aromatic nitrogens is 5. The largest absolute Gasteiger partial charge is 0.289 e. The third-order valence-corrected chi connectivity index (χ3v) is 2.33. The van der Waals surface area contributed by atoms with Crippen LogP contribution in [0.2, 0.25) is 0 Å². The van der Waals surface area contributed by atoms with Gasteiger partial charge in [-0.05, 0) is 6.07 Å². The molecule has 2 heterocycles. The summed E-state index contributed by atoms with van der Waals surface area (Å²) in [7, 11) is 0. The van der Waals surface area contributed by atoms with Gasteiger partial charge in [0.1, 0.15) is 6.33 Å². The standard InChI is InChI=1S/C10H8N6O/c17-9(13-10-11-5-12-16-10)8-6-3-1-2-4-7(6)14-15-8/h1-5H,(H,14,15)(H2,11,12,13,16,17). The molecule has 1 aromatic carbocycles. The molecule has 2 aromatic heterocycles. The predicted octanol–water partition coefficient (Wildman–Crippen LogP) is 0.933. The lowest BCUT2D eigenvalue weighted by Gasteiger charge is -1.97. The number of carbonyl (C=O) groups excluding carboxylic acids is 1. The summed E-state index contributed by atoms with van der Waals surface area (Å²) in [6, 6.07) is 7.41. The highest BCUT2D eigenvalue weighted by Gasteiger charge is 2.14. The van der Waals surface area contributed by atoms with Crippen molar-refractivity contribution < 1.29 is 4.79 Å². The molecule has 7 heteroatoms. The number of amides is 1. The molecule has 7 nitrogen and oxygen atoms in total. The molecule has 17 heavy (non-hydrogen) atoms. The van der Waals surface area contributed by atoms with E-state index in [2.05, 4.69) is 30.7 Å². The number of fused-ring (bicyclic) bond motifs is 1. The van der Waals surface area contributed by atoms with Crippen molar-refractivity contribution in [1.82, 2.24) is 25.4 Å². The zero-order valence-electron chi connectivity index (χ0n) is 8.64. The van der Waals surface area contributed by atoms with Gasteiger partial charge in [0.05, 0.1) is 5.52 Å². The fourth-order valence-electron chi connectivity index (χ4n) is 1.57. The maximum absolute atomic E-state index is 11.9. The van der Waals surface area contributed by atoms with Crippen molar-refractivity contribution in [2.45, 2.75) is 0 Å².